The van der Waals surface area contributed by atoms with Crippen LogP contribution in [0.15, 0.2) is 0 Å². The summed E-state index contributed by atoms with van der Waals surface area (Å²) in [6.07, 6.45) is -1.68. The van der Waals surface area contributed by atoms with Crippen LogP contribution in [0.2, 0.25) is 0 Å². The van der Waals surface area contributed by atoms with E-state index in [-0.39, 0.29) is 12.8 Å². The summed E-state index contributed by atoms with van der Waals surface area (Å²) >= 11 is 0. The van der Waals surface area contributed by atoms with Crippen molar-refractivity contribution in [1.29, 1.82) is 0 Å². The fraction of sp³-hybridized carbons (Fsp3) is 0.667. The maximum atomic E-state index is 11.9. The Morgan fingerprint density at radius 2 is 1.61 bits per heavy atom. The largest absolute Gasteiger partial charge is 0.480 e. The fourth-order valence-corrected chi connectivity index (χ4v) is 1.50. The predicted molar refractivity (Wildman–Crippen MR) is 76.7 cm³/mol. The van der Waals surface area contributed by atoms with Gasteiger partial charge in [0.05, 0.1) is 12.7 Å². The number of amides is 3. The van der Waals surface area contributed by atoms with E-state index >= 15 is 0 Å². The molecule has 0 radical (unpaired) electrons. The molecule has 0 aliphatic rings. The van der Waals surface area contributed by atoms with Crippen LogP contribution in [0.25, 0.3) is 0 Å². The average Bonchev–Trinajstić information content (AvgIpc) is 2.46. The smallest absolute Gasteiger partial charge is 0.326 e. The molecule has 11 heteroatoms. The number of primary amides is 1. The Bertz CT molecular complexity index is 455. The molecule has 4 atom stereocenters. The van der Waals surface area contributed by atoms with Crippen molar-refractivity contribution < 1.29 is 34.5 Å². The predicted octanol–water partition coefficient (Wildman–Crippen LogP) is -3.99. The first-order chi connectivity index (χ1) is 10.6. The molecule has 0 rings (SSSR count). The van der Waals surface area contributed by atoms with E-state index in [1.807, 2.05) is 0 Å². The summed E-state index contributed by atoms with van der Waals surface area (Å²) in [5, 5.41) is 31.4. The number of carbonyl (C=O) groups excluding carboxylic acids is 3. The Labute approximate surface area is 132 Å². The minimum atomic E-state index is -1.46. The number of carbonyl (C=O) groups is 4. The van der Waals surface area contributed by atoms with Crippen molar-refractivity contribution in [3.8, 4) is 0 Å². The summed E-state index contributed by atoms with van der Waals surface area (Å²) in [6.45, 7) is 0.453. The summed E-state index contributed by atoms with van der Waals surface area (Å²) in [4.78, 5) is 45.2. The van der Waals surface area contributed by atoms with Crippen molar-refractivity contribution in [3.63, 3.8) is 0 Å². The first kappa shape index (κ1) is 20.8. The van der Waals surface area contributed by atoms with Gasteiger partial charge in [-0.25, -0.2) is 4.79 Å². The normalized spacial score (nSPS) is 15.8. The average molecular weight is 334 g/mol. The highest BCUT2D eigenvalue weighted by Gasteiger charge is 2.28. The van der Waals surface area contributed by atoms with Crippen LogP contribution >= 0.6 is 0 Å². The van der Waals surface area contributed by atoms with Gasteiger partial charge in [-0.3, -0.25) is 14.4 Å². The Morgan fingerprint density at radius 3 is 2.00 bits per heavy atom. The number of carboxylic acid groups (broad SMARTS) is 1. The van der Waals surface area contributed by atoms with Gasteiger partial charge >= 0.3 is 5.97 Å². The van der Waals surface area contributed by atoms with E-state index in [0.717, 1.165) is 0 Å². The third kappa shape index (κ3) is 7.54. The lowest BCUT2D eigenvalue weighted by molar-refractivity contribution is -0.142. The second kappa shape index (κ2) is 9.71. The van der Waals surface area contributed by atoms with E-state index in [1.165, 1.54) is 6.92 Å². The van der Waals surface area contributed by atoms with Crippen molar-refractivity contribution in [1.82, 2.24) is 10.6 Å². The Balaban J connectivity index is 4.76. The molecule has 0 aliphatic carbocycles. The molecule has 0 aliphatic heterocycles. The molecular formula is C12H22N4O7. The molecule has 0 fully saturated rings. The standard InChI is InChI=1S/C12H22N4O7/c1-5(18)9(14)11(21)16-7(4-17)10(20)15-6(12(22)23)2-3-8(13)19/h5-7,9,17-18H,2-4,14H2,1H3,(H2,13,19)(H,15,20)(H,16,21)(H,22,23)/t5-,6+,7+,9+/m1/s1. The maximum absolute atomic E-state index is 11.9. The number of aliphatic hydroxyl groups excluding tert-OH is 2. The number of carboxylic acids is 1. The Hall–Kier alpha value is -2.24. The Morgan fingerprint density at radius 1 is 1.09 bits per heavy atom. The molecule has 0 saturated carbocycles. The molecular weight excluding hydrogens is 312 g/mol. The van der Waals surface area contributed by atoms with E-state index < -0.39 is 54.5 Å². The summed E-state index contributed by atoms with van der Waals surface area (Å²) in [7, 11) is 0. The zero-order valence-electron chi connectivity index (χ0n) is 12.6. The number of aliphatic hydroxyl groups is 2. The van der Waals surface area contributed by atoms with Gasteiger partial charge in [-0.2, -0.15) is 0 Å². The van der Waals surface area contributed by atoms with E-state index in [0.29, 0.717) is 0 Å². The second-order valence-corrected chi connectivity index (χ2v) is 4.91. The van der Waals surface area contributed by atoms with Crippen LogP contribution in [-0.4, -0.2) is 69.8 Å². The van der Waals surface area contributed by atoms with Crippen molar-refractivity contribution in [3.05, 3.63) is 0 Å². The van der Waals surface area contributed by atoms with Crippen LogP contribution in [0.3, 0.4) is 0 Å². The minimum Gasteiger partial charge on any atom is -0.480 e. The number of nitrogens with one attached hydrogen (secondary N) is 2. The van der Waals surface area contributed by atoms with Gasteiger partial charge < -0.3 is 37.4 Å². The third-order valence-corrected chi connectivity index (χ3v) is 2.93. The van der Waals surface area contributed by atoms with Gasteiger partial charge in [0.25, 0.3) is 0 Å². The van der Waals surface area contributed by atoms with Crippen LogP contribution in [0.4, 0.5) is 0 Å². The highest BCUT2D eigenvalue weighted by atomic mass is 16.4. The molecule has 0 aromatic heterocycles. The van der Waals surface area contributed by atoms with Crippen molar-refractivity contribution >= 4 is 23.7 Å². The molecule has 0 aromatic carbocycles. The number of rotatable bonds is 10. The monoisotopic (exact) mass is 334 g/mol. The van der Waals surface area contributed by atoms with Gasteiger partial charge in [0.15, 0.2) is 0 Å². The molecule has 9 N–H and O–H groups in total. The molecule has 0 bridgehead atoms. The summed E-state index contributed by atoms with van der Waals surface area (Å²) in [6, 6.07) is -4.18. The third-order valence-electron chi connectivity index (χ3n) is 2.93. The lowest BCUT2D eigenvalue weighted by atomic mass is 10.1. The van der Waals surface area contributed by atoms with Crippen molar-refractivity contribution in [2.24, 2.45) is 11.5 Å². The van der Waals surface area contributed by atoms with Gasteiger partial charge in [-0.1, -0.05) is 0 Å². The lowest BCUT2D eigenvalue weighted by Crippen LogP contribution is -2.57. The van der Waals surface area contributed by atoms with Gasteiger partial charge in [0.2, 0.25) is 17.7 Å². The van der Waals surface area contributed by atoms with E-state index in [9.17, 15) is 24.3 Å². The molecule has 11 nitrogen and oxygen atoms in total. The van der Waals surface area contributed by atoms with Crippen LogP contribution < -0.4 is 22.1 Å². The highest BCUT2D eigenvalue weighted by molar-refractivity contribution is 5.92. The van der Waals surface area contributed by atoms with E-state index in [1.54, 1.807) is 0 Å². The van der Waals surface area contributed by atoms with Gasteiger partial charge in [-0.15, -0.1) is 0 Å². The zero-order chi connectivity index (χ0) is 18.2. The summed E-state index contributed by atoms with van der Waals surface area (Å²) in [5.41, 5.74) is 10.3. The molecule has 132 valence electrons. The summed E-state index contributed by atoms with van der Waals surface area (Å²) < 4.78 is 0. The van der Waals surface area contributed by atoms with E-state index in [4.69, 9.17) is 21.7 Å². The number of aliphatic carboxylic acids is 1. The van der Waals surface area contributed by atoms with Crippen LogP contribution in [-0.2, 0) is 19.2 Å². The second-order valence-electron chi connectivity index (χ2n) is 4.91. The molecule has 3 amide bonds. The topological polar surface area (TPSA) is 205 Å². The number of nitrogens with two attached hydrogens (primary N) is 2. The summed E-state index contributed by atoms with van der Waals surface area (Å²) in [5.74, 6) is -4.00. The molecule has 0 aromatic rings. The Kier molecular flexibility index (Phi) is 8.77. The number of hydrogen-bond acceptors (Lipinski definition) is 7. The first-order valence-corrected chi connectivity index (χ1v) is 6.76. The van der Waals surface area contributed by atoms with Crippen molar-refractivity contribution in [2.45, 2.75) is 44.0 Å². The van der Waals surface area contributed by atoms with Gasteiger partial charge in [-0.05, 0) is 13.3 Å². The molecule has 0 saturated heterocycles. The molecule has 0 unspecified atom stereocenters. The zero-order valence-corrected chi connectivity index (χ0v) is 12.6. The van der Waals surface area contributed by atoms with Crippen LogP contribution in [0, 0.1) is 0 Å². The van der Waals surface area contributed by atoms with Gasteiger partial charge in [0, 0.05) is 6.42 Å². The quantitative estimate of drug-likeness (QED) is 0.209. The van der Waals surface area contributed by atoms with Crippen molar-refractivity contribution in [2.75, 3.05) is 6.61 Å². The SMILES string of the molecule is C[C@@H](O)[C@H](N)C(=O)N[C@@H](CO)C(=O)N[C@@H](CCC(N)=O)C(=O)O. The first-order valence-electron chi connectivity index (χ1n) is 6.76. The molecule has 0 spiro atoms. The fourth-order valence-electron chi connectivity index (χ4n) is 1.50. The molecule has 0 heterocycles. The van der Waals surface area contributed by atoms with Crippen LogP contribution in [0.1, 0.15) is 19.8 Å². The lowest BCUT2D eigenvalue weighted by Gasteiger charge is -2.22. The van der Waals surface area contributed by atoms with Gasteiger partial charge in [0.1, 0.15) is 18.1 Å². The maximum Gasteiger partial charge on any atom is 0.326 e. The number of hydrogen-bond donors (Lipinski definition) is 7. The molecule has 23 heavy (non-hydrogen) atoms. The highest BCUT2D eigenvalue weighted by Crippen LogP contribution is 1.99. The van der Waals surface area contributed by atoms with Crippen LogP contribution in [0.5, 0.6) is 0 Å². The van der Waals surface area contributed by atoms with E-state index in [2.05, 4.69) is 10.6 Å². The minimum absolute atomic E-state index is 0.240.